The summed E-state index contributed by atoms with van der Waals surface area (Å²) in [6.07, 6.45) is -4.27. The number of carbonyl (C=O) groups is 2. The molecule has 0 aliphatic carbocycles. The number of nitrogens with zero attached hydrogens (tertiary/aromatic N) is 3. The van der Waals surface area contributed by atoms with E-state index in [0.29, 0.717) is 58.0 Å². The van der Waals surface area contributed by atoms with Crippen LogP contribution in [0.3, 0.4) is 0 Å². The topological polar surface area (TPSA) is 74.4 Å². The minimum Gasteiger partial charge on any atom is -0.406 e. The number of halogens is 3. The van der Waals surface area contributed by atoms with Gasteiger partial charge < -0.3 is 24.6 Å². The first-order chi connectivity index (χ1) is 14.8. The predicted octanol–water partition coefficient (Wildman–Crippen LogP) is 1.39. The van der Waals surface area contributed by atoms with E-state index in [-0.39, 0.29) is 24.1 Å². The van der Waals surface area contributed by atoms with E-state index in [9.17, 15) is 22.8 Å². The molecule has 1 aromatic carbocycles. The van der Waals surface area contributed by atoms with Crippen LogP contribution in [0.25, 0.3) is 0 Å². The second-order valence-electron chi connectivity index (χ2n) is 7.48. The molecule has 3 rings (SSSR count). The van der Waals surface area contributed by atoms with Crippen molar-refractivity contribution >= 4 is 17.5 Å². The lowest BCUT2D eigenvalue weighted by atomic mass is 10.2. The summed E-state index contributed by atoms with van der Waals surface area (Å²) >= 11 is 0. The number of morpholine rings is 1. The second kappa shape index (κ2) is 10.8. The average molecular weight is 444 g/mol. The van der Waals surface area contributed by atoms with Crippen LogP contribution in [0.4, 0.5) is 18.9 Å². The van der Waals surface area contributed by atoms with Crippen molar-refractivity contribution in [3.63, 3.8) is 0 Å². The first-order valence-corrected chi connectivity index (χ1v) is 10.2. The number of carbonyl (C=O) groups excluding carboxylic acids is 2. The molecule has 2 fully saturated rings. The fraction of sp³-hybridized carbons (Fsp3) is 0.600. The molecule has 0 bridgehead atoms. The molecule has 0 spiro atoms. The molecule has 2 aliphatic heterocycles. The van der Waals surface area contributed by atoms with Crippen LogP contribution in [-0.2, 0) is 14.3 Å². The molecule has 0 atom stereocenters. The van der Waals surface area contributed by atoms with Gasteiger partial charge in [0.2, 0.25) is 11.8 Å². The van der Waals surface area contributed by atoms with Gasteiger partial charge >= 0.3 is 6.36 Å². The molecule has 0 unspecified atom stereocenters. The van der Waals surface area contributed by atoms with E-state index in [4.69, 9.17) is 4.74 Å². The summed E-state index contributed by atoms with van der Waals surface area (Å²) in [6, 6.07) is 5.03. The van der Waals surface area contributed by atoms with E-state index < -0.39 is 6.36 Å². The van der Waals surface area contributed by atoms with Crippen molar-refractivity contribution in [1.82, 2.24) is 14.7 Å². The third kappa shape index (κ3) is 8.00. The van der Waals surface area contributed by atoms with E-state index in [1.807, 2.05) is 9.80 Å². The molecular weight excluding hydrogens is 417 g/mol. The van der Waals surface area contributed by atoms with Gasteiger partial charge in [-0.3, -0.25) is 14.5 Å². The van der Waals surface area contributed by atoms with Gasteiger partial charge in [0.15, 0.2) is 0 Å². The largest absolute Gasteiger partial charge is 0.573 e. The van der Waals surface area contributed by atoms with Gasteiger partial charge in [0.1, 0.15) is 5.75 Å². The third-order valence-electron chi connectivity index (χ3n) is 5.21. The zero-order valence-corrected chi connectivity index (χ0v) is 17.2. The summed E-state index contributed by atoms with van der Waals surface area (Å²) < 4.78 is 45.6. The Bertz CT molecular complexity index is 731. The van der Waals surface area contributed by atoms with E-state index >= 15 is 0 Å². The number of hydrogen-bond donors (Lipinski definition) is 1. The number of nitrogens with one attached hydrogen (secondary N) is 1. The Morgan fingerprint density at radius 2 is 1.58 bits per heavy atom. The van der Waals surface area contributed by atoms with E-state index in [0.717, 1.165) is 25.2 Å². The molecule has 2 heterocycles. The average Bonchev–Trinajstić information content (AvgIpc) is 2.74. The number of alkyl halides is 3. The maximum Gasteiger partial charge on any atom is 0.573 e. The Morgan fingerprint density at radius 3 is 2.19 bits per heavy atom. The second-order valence-corrected chi connectivity index (χ2v) is 7.48. The van der Waals surface area contributed by atoms with Crippen molar-refractivity contribution in [2.24, 2.45) is 0 Å². The first-order valence-electron chi connectivity index (χ1n) is 10.2. The van der Waals surface area contributed by atoms with Crippen molar-refractivity contribution in [3.05, 3.63) is 24.3 Å². The van der Waals surface area contributed by atoms with Crippen LogP contribution in [0.1, 0.15) is 6.42 Å². The van der Waals surface area contributed by atoms with Crippen LogP contribution in [0.5, 0.6) is 5.75 Å². The number of piperazine rings is 1. The Labute approximate surface area is 178 Å². The van der Waals surface area contributed by atoms with E-state index in [2.05, 4.69) is 15.0 Å². The molecule has 2 amide bonds. The van der Waals surface area contributed by atoms with Gasteiger partial charge in [0, 0.05) is 57.9 Å². The maximum absolute atomic E-state index is 12.2. The number of anilines is 1. The fourth-order valence-electron chi connectivity index (χ4n) is 3.54. The van der Waals surface area contributed by atoms with Gasteiger partial charge in [0.05, 0.1) is 19.8 Å². The summed E-state index contributed by atoms with van der Waals surface area (Å²) in [5, 5.41) is 2.68. The van der Waals surface area contributed by atoms with Crippen molar-refractivity contribution in [3.8, 4) is 5.75 Å². The summed E-state index contributed by atoms with van der Waals surface area (Å²) in [5.41, 5.74) is 0.403. The smallest absolute Gasteiger partial charge is 0.406 e. The maximum atomic E-state index is 12.2. The van der Waals surface area contributed by atoms with E-state index in [1.54, 1.807) is 0 Å². The molecule has 2 aliphatic rings. The Balaban J connectivity index is 1.33. The van der Waals surface area contributed by atoms with Crippen molar-refractivity contribution in [2.45, 2.75) is 12.8 Å². The molecule has 1 N–H and O–H groups in total. The van der Waals surface area contributed by atoms with Crippen molar-refractivity contribution in [1.29, 1.82) is 0 Å². The quantitative estimate of drug-likeness (QED) is 0.685. The number of hydrogen-bond acceptors (Lipinski definition) is 6. The normalized spacial score (nSPS) is 18.6. The fourth-order valence-corrected chi connectivity index (χ4v) is 3.54. The van der Waals surface area contributed by atoms with Crippen LogP contribution in [0.2, 0.25) is 0 Å². The molecule has 8 nitrogen and oxygen atoms in total. The van der Waals surface area contributed by atoms with Gasteiger partial charge in [-0.1, -0.05) is 0 Å². The lowest BCUT2D eigenvalue weighted by molar-refractivity contribution is -0.274. The highest BCUT2D eigenvalue weighted by Gasteiger charge is 2.31. The van der Waals surface area contributed by atoms with Crippen LogP contribution in [0, 0.1) is 0 Å². The van der Waals surface area contributed by atoms with Gasteiger partial charge in [0.25, 0.3) is 0 Å². The lowest BCUT2D eigenvalue weighted by Crippen LogP contribution is -2.49. The molecule has 11 heteroatoms. The van der Waals surface area contributed by atoms with Crippen LogP contribution >= 0.6 is 0 Å². The van der Waals surface area contributed by atoms with Crippen LogP contribution in [-0.4, -0.2) is 98.4 Å². The monoisotopic (exact) mass is 444 g/mol. The lowest BCUT2D eigenvalue weighted by Gasteiger charge is -2.34. The van der Waals surface area contributed by atoms with Gasteiger partial charge in [-0.05, 0) is 24.3 Å². The number of amides is 2. The highest BCUT2D eigenvalue weighted by atomic mass is 19.4. The highest BCUT2D eigenvalue weighted by molar-refractivity contribution is 5.92. The number of rotatable bonds is 7. The summed E-state index contributed by atoms with van der Waals surface area (Å²) in [7, 11) is 0. The molecule has 2 saturated heterocycles. The standard InChI is InChI=1S/C20H27F3N4O4/c21-20(22,23)31-17-3-1-16(2-4-17)24-18(28)15-26-9-7-25(8-10-26)6-5-19(29)27-11-13-30-14-12-27/h1-4H,5-15H2,(H,24,28). The Morgan fingerprint density at radius 1 is 0.968 bits per heavy atom. The first kappa shape index (κ1) is 23.3. The SMILES string of the molecule is O=C(CN1CCN(CCC(=O)N2CCOCC2)CC1)Nc1ccc(OC(F)(F)F)cc1. The zero-order chi connectivity index (χ0) is 22.3. The predicted molar refractivity (Wildman–Crippen MR) is 107 cm³/mol. The third-order valence-corrected chi connectivity index (χ3v) is 5.21. The molecule has 0 aromatic heterocycles. The zero-order valence-electron chi connectivity index (χ0n) is 17.2. The Hall–Kier alpha value is -2.37. The molecular formula is C20H27F3N4O4. The van der Waals surface area contributed by atoms with Gasteiger partial charge in [-0.15, -0.1) is 13.2 Å². The Kier molecular flexibility index (Phi) is 8.10. The minimum absolute atomic E-state index is 0.150. The van der Waals surface area contributed by atoms with Crippen LogP contribution in [0.15, 0.2) is 24.3 Å². The highest BCUT2D eigenvalue weighted by Crippen LogP contribution is 2.23. The molecule has 31 heavy (non-hydrogen) atoms. The minimum atomic E-state index is -4.75. The van der Waals surface area contributed by atoms with Crippen LogP contribution < -0.4 is 10.1 Å². The summed E-state index contributed by atoms with van der Waals surface area (Å²) in [4.78, 5) is 30.5. The molecule has 0 radical (unpaired) electrons. The number of ether oxygens (including phenoxy) is 2. The van der Waals surface area contributed by atoms with E-state index in [1.165, 1.54) is 12.1 Å². The van der Waals surface area contributed by atoms with Gasteiger partial charge in [-0.25, -0.2) is 0 Å². The van der Waals surface area contributed by atoms with Gasteiger partial charge in [-0.2, -0.15) is 0 Å². The van der Waals surface area contributed by atoms with Crippen molar-refractivity contribution in [2.75, 3.05) is 70.9 Å². The number of benzene rings is 1. The van der Waals surface area contributed by atoms with Crippen molar-refractivity contribution < 1.29 is 32.2 Å². The molecule has 1 aromatic rings. The molecule has 0 saturated carbocycles. The molecule has 172 valence electrons. The summed E-state index contributed by atoms with van der Waals surface area (Å²) in [6.45, 7) is 6.34. The summed E-state index contributed by atoms with van der Waals surface area (Å²) in [5.74, 6) is -0.425.